The summed E-state index contributed by atoms with van der Waals surface area (Å²) in [6.45, 7) is 7.38. The highest BCUT2D eigenvalue weighted by Crippen LogP contribution is 2.32. The fourth-order valence-corrected chi connectivity index (χ4v) is 4.15. The zero-order valence-corrected chi connectivity index (χ0v) is 16.8. The second-order valence-electron chi connectivity index (χ2n) is 6.51. The van der Waals surface area contributed by atoms with Crippen LogP contribution in [0.5, 0.6) is 5.75 Å². The summed E-state index contributed by atoms with van der Waals surface area (Å²) in [4.78, 5) is 0.178. The highest BCUT2D eigenvalue weighted by molar-refractivity contribution is 7.92. The molecule has 1 heterocycles. The zero-order valence-electron chi connectivity index (χ0n) is 16.0. The van der Waals surface area contributed by atoms with Crippen molar-refractivity contribution in [2.24, 2.45) is 0 Å². The molecule has 3 rings (SSSR count). The summed E-state index contributed by atoms with van der Waals surface area (Å²) >= 11 is 0. The predicted octanol–water partition coefficient (Wildman–Crippen LogP) is 4.38. The van der Waals surface area contributed by atoms with E-state index in [2.05, 4.69) is 9.88 Å². The first kappa shape index (κ1) is 19.0. The molecule has 0 spiro atoms. The number of anilines is 1. The standard InChI is InChI=1S/C20H22N2O4S/c1-12-6-9-18(25-5)17(10-12)22-27(23,24)19-11-16(8-7-13(19)2)20-14(3)15(4)21-26-20/h6-11,22H,1-5H3. The van der Waals surface area contributed by atoms with Crippen LogP contribution >= 0.6 is 0 Å². The van der Waals surface area contributed by atoms with Crippen LogP contribution in [0.3, 0.4) is 0 Å². The highest BCUT2D eigenvalue weighted by Gasteiger charge is 2.21. The third kappa shape index (κ3) is 3.68. The number of hydrogen-bond donors (Lipinski definition) is 1. The Labute approximate surface area is 159 Å². The molecular formula is C20H22N2O4S. The average Bonchev–Trinajstić information content (AvgIpc) is 2.94. The molecule has 0 bridgehead atoms. The summed E-state index contributed by atoms with van der Waals surface area (Å²) in [6.07, 6.45) is 0. The van der Waals surface area contributed by atoms with Gasteiger partial charge in [-0.1, -0.05) is 23.4 Å². The molecule has 1 aromatic heterocycles. The van der Waals surface area contributed by atoms with Crippen molar-refractivity contribution in [3.8, 4) is 17.1 Å². The van der Waals surface area contributed by atoms with Crippen LogP contribution in [0.1, 0.15) is 22.4 Å². The van der Waals surface area contributed by atoms with E-state index in [1.165, 1.54) is 7.11 Å². The average molecular weight is 386 g/mol. The SMILES string of the molecule is COc1ccc(C)cc1NS(=O)(=O)c1cc(-c2onc(C)c2C)ccc1C. The highest BCUT2D eigenvalue weighted by atomic mass is 32.2. The molecule has 1 N–H and O–H groups in total. The Balaban J connectivity index is 2.06. The van der Waals surface area contributed by atoms with Gasteiger partial charge in [-0.2, -0.15) is 0 Å². The van der Waals surface area contributed by atoms with Crippen LogP contribution in [0, 0.1) is 27.7 Å². The molecule has 3 aromatic rings. The van der Waals surface area contributed by atoms with Gasteiger partial charge in [0.25, 0.3) is 10.0 Å². The van der Waals surface area contributed by atoms with Crippen molar-refractivity contribution in [3.63, 3.8) is 0 Å². The van der Waals surface area contributed by atoms with Crippen LogP contribution in [0.25, 0.3) is 11.3 Å². The van der Waals surface area contributed by atoms with Gasteiger partial charge in [0.2, 0.25) is 0 Å². The largest absolute Gasteiger partial charge is 0.495 e. The number of benzene rings is 2. The lowest BCUT2D eigenvalue weighted by Gasteiger charge is -2.14. The van der Waals surface area contributed by atoms with Crippen LogP contribution in [0.15, 0.2) is 45.8 Å². The first-order valence-electron chi connectivity index (χ1n) is 8.44. The van der Waals surface area contributed by atoms with Gasteiger partial charge in [0, 0.05) is 11.1 Å². The van der Waals surface area contributed by atoms with Crippen molar-refractivity contribution in [3.05, 3.63) is 58.8 Å². The Kier molecular flexibility index (Phi) is 4.97. The molecule has 0 unspecified atom stereocenters. The van der Waals surface area contributed by atoms with E-state index in [0.717, 1.165) is 16.8 Å². The van der Waals surface area contributed by atoms with Crippen LogP contribution in [-0.4, -0.2) is 20.7 Å². The number of rotatable bonds is 5. The molecule has 0 radical (unpaired) electrons. The molecule has 7 heteroatoms. The third-order valence-corrected chi connectivity index (χ3v) is 6.00. The second kappa shape index (κ2) is 7.08. The maximum atomic E-state index is 13.1. The Morgan fingerprint density at radius 2 is 1.78 bits per heavy atom. The van der Waals surface area contributed by atoms with E-state index in [1.807, 2.05) is 32.9 Å². The molecule has 0 aliphatic heterocycles. The van der Waals surface area contributed by atoms with Crippen molar-refractivity contribution in [2.75, 3.05) is 11.8 Å². The summed E-state index contributed by atoms with van der Waals surface area (Å²) in [5, 5.41) is 3.95. The molecule has 0 atom stereocenters. The summed E-state index contributed by atoms with van der Waals surface area (Å²) in [6, 6.07) is 10.5. The van der Waals surface area contributed by atoms with E-state index in [1.54, 1.807) is 31.2 Å². The lowest BCUT2D eigenvalue weighted by Crippen LogP contribution is -2.15. The molecule has 0 amide bonds. The van der Waals surface area contributed by atoms with Gasteiger partial charge in [-0.25, -0.2) is 8.42 Å². The van der Waals surface area contributed by atoms with Gasteiger partial charge in [0.1, 0.15) is 5.75 Å². The maximum absolute atomic E-state index is 13.1. The van der Waals surface area contributed by atoms with Gasteiger partial charge in [0.15, 0.2) is 5.76 Å². The number of aromatic nitrogens is 1. The van der Waals surface area contributed by atoms with Crippen molar-refractivity contribution < 1.29 is 17.7 Å². The summed E-state index contributed by atoms with van der Waals surface area (Å²) in [5.74, 6) is 1.02. The summed E-state index contributed by atoms with van der Waals surface area (Å²) in [5.41, 5.74) is 4.27. The lowest BCUT2D eigenvalue weighted by molar-refractivity contribution is 0.417. The minimum atomic E-state index is -3.82. The second-order valence-corrected chi connectivity index (χ2v) is 8.16. The molecule has 2 aromatic carbocycles. The molecule has 27 heavy (non-hydrogen) atoms. The molecule has 0 aliphatic rings. The number of hydrogen-bond acceptors (Lipinski definition) is 5. The van der Waals surface area contributed by atoms with Crippen molar-refractivity contribution in [2.45, 2.75) is 32.6 Å². The Morgan fingerprint density at radius 1 is 1.04 bits per heavy atom. The van der Waals surface area contributed by atoms with Crippen LogP contribution in [0.4, 0.5) is 5.69 Å². The van der Waals surface area contributed by atoms with E-state index >= 15 is 0 Å². The number of nitrogens with one attached hydrogen (secondary N) is 1. The van der Waals surface area contributed by atoms with Crippen molar-refractivity contribution in [1.29, 1.82) is 0 Å². The Bertz CT molecular complexity index is 1100. The smallest absolute Gasteiger partial charge is 0.262 e. The maximum Gasteiger partial charge on any atom is 0.262 e. The quantitative estimate of drug-likeness (QED) is 0.703. The van der Waals surface area contributed by atoms with Crippen LogP contribution in [0.2, 0.25) is 0 Å². The van der Waals surface area contributed by atoms with E-state index in [4.69, 9.17) is 9.26 Å². The van der Waals surface area contributed by atoms with Crippen LogP contribution in [-0.2, 0) is 10.0 Å². The van der Waals surface area contributed by atoms with Gasteiger partial charge < -0.3 is 9.26 Å². The van der Waals surface area contributed by atoms with Gasteiger partial charge in [0.05, 0.1) is 23.4 Å². The van der Waals surface area contributed by atoms with E-state index in [0.29, 0.717) is 28.3 Å². The molecule has 142 valence electrons. The van der Waals surface area contributed by atoms with Gasteiger partial charge in [-0.15, -0.1) is 0 Å². The molecule has 0 saturated heterocycles. The monoisotopic (exact) mass is 386 g/mol. The molecule has 6 nitrogen and oxygen atoms in total. The van der Waals surface area contributed by atoms with Gasteiger partial charge in [-0.3, -0.25) is 4.72 Å². The van der Waals surface area contributed by atoms with Crippen LogP contribution < -0.4 is 9.46 Å². The molecule has 0 aliphatic carbocycles. The van der Waals surface area contributed by atoms with Gasteiger partial charge in [-0.05, 0) is 57.0 Å². The topological polar surface area (TPSA) is 81.4 Å². The number of nitrogens with zero attached hydrogens (tertiary/aromatic N) is 1. The normalized spacial score (nSPS) is 11.4. The fraction of sp³-hybridized carbons (Fsp3) is 0.250. The Hall–Kier alpha value is -2.80. The first-order valence-corrected chi connectivity index (χ1v) is 9.92. The summed E-state index contributed by atoms with van der Waals surface area (Å²) < 4.78 is 39.4. The molecular weight excluding hydrogens is 364 g/mol. The Morgan fingerprint density at radius 3 is 2.41 bits per heavy atom. The van der Waals surface area contributed by atoms with Gasteiger partial charge >= 0.3 is 0 Å². The number of sulfonamides is 1. The van der Waals surface area contributed by atoms with Crippen molar-refractivity contribution >= 4 is 15.7 Å². The predicted molar refractivity (Wildman–Crippen MR) is 105 cm³/mol. The lowest BCUT2D eigenvalue weighted by atomic mass is 10.1. The third-order valence-electron chi connectivity index (χ3n) is 4.50. The van der Waals surface area contributed by atoms with E-state index in [9.17, 15) is 8.42 Å². The number of ether oxygens (including phenoxy) is 1. The zero-order chi connectivity index (χ0) is 19.8. The van der Waals surface area contributed by atoms with E-state index < -0.39 is 10.0 Å². The molecule has 0 fully saturated rings. The van der Waals surface area contributed by atoms with Crippen molar-refractivity contribution in [1.82, 2.24) is 5.16 Å². The first-order chi connectivity index (χ1) is 12.7. The number of aryl methyl sites for hydroxylation is 3. The minimum absolute atomic E-state index is 0.178. The summed E-state index contributed by atoms with van der Waals surface area (Å²) in [7, 11) is -2.32. The minimum Gasteiger partial charge on any atom is -0.495 e. The number of methoxy groups -OCH3 is 1. The fourth-order valence-electron chi connectivity index (χ4n) is 2.82. The molecule has 0 saturated carbocycles. The van der Waals surface area contributed by atoms with E-state index in [-0.39, 0.29) is 4.90 Å².